The van der Waals surface area contributed by atoms with E-state index in [1.54, 1.807) is 0 Å². The molecule has 326 valence electrons. The number of benzene rings is 10. The maximum atomic E-state index is 6.92. The molecule has 10 aromatic carbocycles. The van der Waals surface area contributed by atoms with Gasteiger partial charge < -0.3 is 9.32 Å². The lowest BCUT2D eigenvalue weighted by atomic mass is 9.68. The van der Waals surface area contributed by atoms with E-state index in [9.17, 15) is 0 Å². The van der Waals surface area contributed by atoms with E-state index in [1.165, 1.54) is 100 Å². The van der Waals surface area contributed by atoms with Gasteiger partial charge in [0.15, 0.2) is 0 Å². The molecule has 0 radical (unpaired) electrons. The van der Waals surface area contributed by atoms with Crippen LogP contribution in [-0.4, -0.2) is 0 Å². The molecule has 0 aliphatic heterocycles. The van der Waals surface area contributed by atoms with Crippen molar-refractivity contribution in [3.8, 4) is 55.6 Å². The van der Waals surface area contributed by atoms with Gasteiger partial charge in [0.05, 0.1) is 11.1 Å². The molecule has 0 bridgehead atoms. The number of hydrogen-bond acceptors (Lipinski definition) is 2. The molecule has 0 saturated heterocycles. The quantitative estimate of drug-likeness (QED) is 0.175. The van der Waals surface area contributed by atoms with Crippen LogP contribution in [0.5, 0.6) is 0 Å². The first kappa shape index (κ1) is 38.9. The summed E-state index contributed by atoms with van der Waals surface area (Å²) in [7, 11) is 0. The lowest BCUT2D eigenvalue weighted by molar-refractivity contribution is 0.660. The second-order valence-electron chi connectivity index (χ2n) is 20.7. The van der Waals surface area contributed by atoms with Crippen molar-refractivity contribution in [2.75, 3.05) is 4.90 Å². The standard InChI is InChI=1S/C67H47NO/c1-65(2)53-26-11-5-18-42(53)45-34-32-40(38-58(45)65)68(41-33-35-46-43-19-6-12-27-54(43)66(3,4)59(46)39-41)60-30-15-9-21-47(60)50-25-17-24-49-44-20-7-13-28-55(44)67(63(49)50)56-29-14-8-23-52(56)62-57(67)37-36-51-48-22-10-16-31-61(48)69-64(51)62/h5-39H,1-4H3. The Morgan fingerprint density at radius 3 is 1.43 bits per heavy atom. The van der Waals surface area contributed by atoms with Crippen molar-refractivity contribution in [1.82, 2.24) is 0 Å². The Morgan fingerprint density at radius 1 is 0.333 bits per heavy atom. The first-order chi connectivity index (χ1) is 33.8. The minimum absolute atomic E-state index is 0.165. The smallest absolute Gasteiger partial charge is 0.143 e. The predicted molar refractivity (Wildman–Crippen MR) is 285 cm³/mol. The van der Waals surface area contributed by atoms with Crippen LogP contribution in [0.1, 0.15) is 72.2 Å². The Labute approximate surface area is 402 Å². The van der Waals surface area contributed by atoms with Crippen molar-refractivity contribution in [1.29, 1.82) is 0 Å². The van der Waals surface area contributed by atoms with Gasteiger partial charge >= 0.3 is 0 Å². The number of anilines is 3. The molecule has 0 fully saturated rings. The molecule has 1 heterocycles. The van der Waals surface area contributed by atoms with Gasteiger partial charge in [-0.25, -0.2) is 0 Å². The molecule has 15 rings (SSSR count). The molecule has 0 amide bonds. The van der Waals surface area contributed by atoms with Gasteiger partial charge in [0.2, 0.25) is 0 Å². The third-order valence-electron chi connectivity index (χ3n) is 16.7. The molecular weight excluding hydrogens is 835 g/mol. The second-order valence-corrected chi connectivity index (χ2v) is 20.7. The lowest BCUT2D eigenvalue weighted by Crippen LogP contribution is -2.26. The van der Waals surface area contributed by atoms with E-state index < -0.39 is 5.41 Å². The van der Waals surface area contributed by atoms with Crippen molar-refractivity contribution >= 4 is 39.0 Å². The Balaban J connectivity index is 1.01. The minimum Gasteiger partial charge on any atom is -0.455 e. The van der Waals surface area contributed by atoms with E-state index in [1.807, 2.05) is 0 Å². The second kappa shape index (κ2) is 13.5. The molecule has 1 aromatic heterocycles. The number of fused-ring (bicyclic) bond motifs is 20. The highest BCUT2D eigenvalue weighted by Gasteiger charge is 2.54. The maximum Gasteiger partial charge on any atom is 0.143 e. The van der Waals surface area contributed by atoms with Gasteiger partial charge in [-0.3, -0.25) is 0 Å². The highest BCUT2D eigenvalue weighted by molar-refractivity contribution is 6.13. The molecule has 2 heteroatoms. The number of rotatable bonds is 4. The monoisotopic (exact) mass is 881 g/mol. The van der Waals surface area contributed by atoms with Crippen molar-refractivity contribution in [2.24, 2.45) is 0 Å². The summed E-state index contributed by atoms with van der Waals surface area (Å²) in [5.41, 5.74) is 27.7. The zero-order chi connectivity index (χ0) is 46.0. The van der Waals surface area contributed by atoms with E-state index in [4.69, 9.17) is 4.42 Å². The van der Waals surface area contributed by atoms with E-state index in [0.29, 0.717) is 0 Å². The molecule has 4 aliphatic rings. The van der Waals surface area contributed by atoms with Gasteiger partial charge in [-0.1, -0.05) is 204 Å². The number of furan rings is 1. The fraction of sp³-hybridized carbons (Fsp3) is 0.104. The van der Waals surface area contributed by atoms with Crippen molar-refractivity contribution < 1.29 is 4.42 Å². The molecule has 2 nitrogen and oxygen atoms in total. The van der Waals surface area contributed by atoms with Gasteiger partial charge in [-0.15, -0.1) is 0 Å². The third-order valence-corrected chi connectivity index (χ3v) is 16.7. The summed E-state index contributed by atoms with van der Waals surface area (Å²) >= 11 is 0. The first-order valence-corrected chi connectivity index (χ1v) is 24.4. The molecule has 1 unspecified atom stereocenters. The highest BCUT2D eigenvalue weighted by atomic mass is 16.3. The summed E-state index contributed by atoms with van der Waals surface area (Å²) in [6.07, 6.45) is 0. The van der Waals surface area contributed by atoms with Gasteiger partial charge in [0.25, 0.3) is 0 Å². The van der Waals surface area contributed by atoms with Crippen LogP contribution in [0.3, 0.4) is 0 Å². The predicted octanol–water partition coefficient (Wildman–Crippen LogP) is 17.7. The van der Waals surface area contributed by atoms with Gasteiger partial charge in [-0.05, 0) is 125 Å². The molecular formula is C67H47NO. The first-order valence-electron chi connectivity index (χ1n) is 24.4. The molecule has 0 N–H and O–H groups in total. The van der Waals surface area contributed by atoms with Gasteiger partial charge in [0, 0.05) is 44.1 Å². The van der Waals surface area contributed by atoms with E-state index >= 15 is 0 Å². The molecule has 11 aromatic rings. The summed E-state index contributed by atoms with van der Waals surface area (Å²) in [4.78, 5) is 2.55. The number of hydrogen-bond donors (Lipinski definition) is 0. The summed E-state index contributed by atoms with van der Waals surface area (Å²) in [6, 6.07) is 79.9. The van der Waals surface area contributed by atoms with Crippen molar-refractivity contribution in [3.63, 3.8) is 0 Å². The van der Waals surface area contributed by atoms with Crippen LogP contribution < -0.4 is 4.90 Å². The zero-order valence-electron chi connectivity index (χ0n) is 39.1. The van der Waals surface area contributed by atoms with E-state index in [-0.39, 0.29) is 10.8 Å². The van der Waals surface area contributed by atoms with Crippen LogP contribution in [0.25, 0.3) is 77.6 Å². The Morgan fingerprint density at radius 2 is 0.797 bits per heavy atom. The van der Waals surface area contributed by atoms with E-state index in [0.717, 1.165) is 39.0 Å². The Kier molecular flexibility index (Phi) is 7.60. The molecule has 1 atom stereocenters. The van der Waals surface area contributed by atoms with Crippen LogP contribution in [0.2, 0.25) is 0 Å². The largest absolute Gasteiger partial charge is 0.455 e. The average molecular weight is 882 g/mol. The van der Waals surface area contributed by atoms with Crippen LogP contribution in [0, 0.1) is 0 Å². The van der Waals surface area contributed by atoms with Crippen molar-refractivity contribution in [3.05, 3.63) is 257 Å². The van der Waals surface area contributed by atoms with Crippen LogP contribution in [-0.2, 0) is 16.2 Å². The summed E-state index contributed by atoms with van der Waals surface area (Å²) in [5.74, 6) is 0. The third kappa shape index (κ3) is 4.86. The molecule has 4 aliphatic carbocycles. The Hall–Kier alpha value is -8.20. The fourth-order valence-corrected chi connectivity index (χ4v) is 13.7. The topological polar surface area (TPSA) is 16.4 Å². The Bertz CT molecular complexity index is 3940. The maximum absolute atomic E-state index is 6.92. The summed E-state index contributed by atoms with van der Waals surface area (Å²) < 4.78 is 6.92. The fourth-order valence-electron chi connectivity index (χ4n) is 13.7. The summed E-state index contributed by atoms with van der Waals surface area (Å²) in [6.45, 7) is 9.54. The number of para-hydroxylation sites is 2. The normalized spacial score (nSPS) is 16.7. The molecule has 1 spiro atoms. The van der Waals surface area contributed by atoms with Crippen molar-refractivity contribution in [2.45, 2.75) is 43.9 Å². The SMILES string of the molecule is CC1(C)c2ccccc2-c2ccc(N(c3ccc4c(c3)C(C)(C)c3ccccc3-4)c3ccccc3-c3cccc4c3C3(c5ccccc5-4)c4ccccc4-c4c3ccc3c4oc4ccccc43)cc21. The number of nitrogens with zero attached hydrogens (tertiary/aromatic N) is 1. The van der Waals surface area contributed by atoms with Crippen LogP contribution >= 0.6 is 0 Å². The summed E-state index contributed by atoms with van der Waals surface area (Å²) in [5, 5.41) is 2.30. The van der Waals surface area contributed by atoms with E-state index in [2.05, 4.69) is 245 Å². The van der Waals surface area contributed by atoms with Gasteiger partial charge in [0.1, 0.15) is 11.2 Å². The van der Waals surface area contributed by atoms with Gasteiger partial charge in [-0.2, -0.15) is 0 Å². The average Bonchev–Trinajstić information content (AvgIpc) is 4.13. The minimum atomic E-state index is -0.605. The van der Waals surface area contributed by atoms with Crippen LogP contribution in [0.15, 0.2) is 217 Å². The highest BCUT2D eigenvalue weighted by Crippen LogP contribution is 2.66. The lowest BCUT2D eigenvalue weighted by Gasteiger charge is -2.34. The van der Waals surface area contributed by atoms with Crippen LogP contribution in [0.4, 0.5) is 17.1 Å². The molecule has 0 saturated carbocycles. The molecule has 69 heavy (non-hydrogen) atoms. The zero-order valence-corrected chi connectivity index (χ0v) is 39.1.